The number of piperidine rings is 1. The third kappa shape index (κ3) is 3.58. The molecule has 0 atom stereocenters. The molecule has 6 heteroatoms. The lowest BCUT2D eigenvalue weighted by Gasteiger charge is -2.31. The fraction of sp³-hybridized carbons (Fsp3) is 0.353. The Kier molecular flexibility index (Phi) is 4.40. The van der Waals surface area contributed by atoms with E-state index >= 15 is 0 Å². The number of aliphatic hydroxyl groups excluding tert-OH is 1. The average molecular weight is 309 g/mol. The van der Waals surface area contributed by atoms with Crippen LogP contribution in [0.25, 0.3) is 0 Å². The zero-order valence-corrected chi connectivity index (χ0v) is 13.0. The molecule has 0 bridgehead atoms. The molecule has 0 saturated carbocycles. The van der Waals surface area contributed by atoms with Crippen LogP contribution in [0.15, 0.2) is 24.5 Å². The van der Waals surface area contributed by atoms with Gasteiger partial charge >= 0.3 is 0 Å². The van der Waals surface area contributed by atoms with Gasteiger partial charge in [-0.2, -0.15) is 4.98 Å². The molecule has 3 rings (SSSR count). The summed E-state index contributed by atoms with van der Waals surface area (Å²) in [6.07, 6.45) is 4.64. The lowest BCUT2D eigenvalue weighted by molar-refractivity contribution is 0.145. The number of anilines is 2. The summed E-state index contributed by atoms with van der Waals surface area (Å²) in [5.74, 6) is 7.25. The standard InChI is InChI=1S/C17H19N5O/c1-12-15(5-4-13-3-2-8-19-11-13)16(21-17(18)20-12)22-9-6-14(23)7-10-22/h2-3,8,11,14,23H,6-7,9-10H2,1H3,(H2,18,20,21). The van der Waals surface area contributed by atoms with Gasteiger partial charge in [0.15, 0.2) is 0 Å². The second kappa shape index (κ2) is 6.63. The molecule has 0 radical (unpaired) electrons. The van der Waals surface area contributed by atoms with Crippen LogP contribution in [0.5, 0.6) is 0 Å². The van der Waals surface area contributed by atoms with Crippen LogP contribution in [0.3, 0.4) is 0 Å². The van der Waals surface area contributed by atoms with E-state index in [0.29, 0.717) is 0 Å². The van der Waals surface area contributed by atoms with Crippen molar-refractivity contribution in [1.82, 2.24) is 15.0 Å². The van der Waals surface area contributed by atoms with Gasteiger partial charge < -0.3 is 15.7 Å². The van der Waals surface area contributed by atoms with Crippen LogP contribution in [0, 0.1) is 18.8 Å². The third-order valence-electron chi connectivity index (χ3n) is 3.85. The summed E-state index contributed by atoms with van der Waals surface area (Å²) in [5, 5.41) is 9.69. The highest BCUT2D eigenvalue weighted by Crippen LogP contribution is 2.24. The summed E-state index contributed by atoms with van der Waals surface area (Å²) in [4.78, 5) is 14.8. The maximum absolute atomic E-state index is 9.69. The minimum Gasteiger partial charge on any atom is -0.393 e. The topological polar surface area (TPSA) is 88.2 Å². The monoisotopic (exact) mass is 309 g/mol. The highest BCUT2D eigenvalue weighted by molar-refractivity contribution is 5.61. The Morgan fingerprint density at radius 1 is 1.26 bits per heavy atom. The van der Waals surface area contributed by atoms with Crippen molar-refractivity contribution in [3.8, 4) is 11.8 Å². The molecule has 1 aliphatic heterocycles. The van der Waals surface area contributed by atoms with E-state index in [1.165, 1.54) is 0 Å². The van der Waals surface area contributed by atoms with Gasteiger partial charge in [0.2, 0.25) is 5.95 Å². The minimum atomic E-state index is -0.239. The Morgan fingerprint density at radius 2 is 2.04 bits per heavy atom. The van der Waals surface area contributed by atoms with E-state index in [1.807, 2.05) is 19.1 Å². The number of aryl methyl sites for hydroxylation is 1. The first-order chi connectivity index (χ1) is 11.1. The van der Waals surface area contributed by atoms with E-state index in [9.17, 15) is 5.11 Å². The Bertz CT molecular complexity index is 743. The number of nitrogens with zero attached hydrogens (tertiary/aromatic N) is 4. The van der Waals surface area contributed by atoms with Crippen LogP contribution in [0.4, 0.5) is 11.8 Å². The fourth-order valence-corrected chi connectivity index (χ4v) is 2.60. The summed E-state index contributed by atoms with van der Waals surface area (Å²) < 4.78 is 0. The molecule has 0 aliphatic carbocycles. The lowest BCUT2D eigenvalue weighted by Crippen LogP contribution is -2.37. The summed E-state index contributed by atoms with van der Waals surface area (Å²) in [6.45, 7) is 3.35. The van der Waals surface area contributed by atoms with Gasteiger partial charge in [-0.1, -0.05) is 11.8 Å². The van der Waals surface area contributed by atoms with E-state index in [1.54, 1.807) is 12.4 Å². The lowest BCUT2D eigenvalue weighted by atomic mass is 10.1. The fourth-order valence-electron chi connectivity index (χ4n) is 2.60. The summed E-state index contributed by atoms with van der Waals surface area (Å²) in [5.41, 5.74) is 8.19. The number of hydrogen-bond donors (Lipinski definition) is 2. The zero-order chi connectivity index (χ0) is 16.2. The van der Waals surface area contributed by atoms with Crippen molar-refractivity contribution in [3.05, 3.63) is 41.3 Å². The zero-order valence-electron chi connectivity index (χ0n) is 13.0. The molecule has 118 valence electrons. The van der Waals surface area contributed by atoms with Gasteiger partial charge in [0.1, 0.15) is 5.82 Å². The van der Waals surface area contributed by atoms with Crippen LogP contribution >= 0.6 is 0 Å². The number of rotatable bonds is 1. The van der Waals surface area contributed by atoms with E-state index in [0.717, 1.165) is 48.6 Å². The van der Waals surface area contributed by atoms with E-state index in [4.69, 9.17) is 5.73 Å². The van der Waals surface area contributed by atoms with Gasteiger partial charge in [0, 0.05) is 31.0 Å². The van der Waals surface area contributed by atoms with Crippen LogP contribution < -0.4 is 10.6 Å². The molecule has 0 unspecified atom stereocenters. The molecule has 6 nitrogen and oxygen atoms in total. The summed E-state index contributed by atoms with van der Waals surface area (Å²) >= 11 is 0. The number of aliphatic hydroxyl groups is 1. The quantitative estimate of drug-likeness (QED) is 0.768. The normalized spacial score (nSPS) is 15.1. The Balaban J connectivity index is 1.97. The molecule has 3 heterocycles. The van der Waals surface area contributed by atoms with Crippen molar-refractivity contribution >= 4 is 11.8 Å². The molecule has 1 aliphatic rings. The molecule has 0 spiro atoms. The van der Waals surface area contributed by atoms with Gasteiger partial charge in [0.25, 0.3) is 0 Å². The maximum Gasteiger partial charge on any atom is 0.222 e. The number of hydrogen-bond acceptors (Lipinski definition) is 6. The van der Waals surface area contributed by atoms with Crippen LogP contribution in [0.1, 0.15) is 29.7 Å². The van der Waals surface area contributed by atoms with Crippen molar-refractivity contribution in [3.63, 3.8) is 0 Å². The second-order valence-corrected chi connectivity index (χ2v) is 5.58. The molecule has 2 aromatic rings. The summed E-state index contributed by atoms with van der Waals surface area (Å²) in [7, 11) is 0. The van der Waals surface area contributed by atoms with Crippen LogP contribution in [-0.2, 0) is 0 Å². The molecule has 0 amide bonds. The van der Waals surface area contributed by atoms with Crippen molar-refractivity contribution in [2.75, 3.05) is 23.7 Å². The van der Waals surface area contributed by atoms with Gasteiger partial charge in [-0.15, -0.1) is 0 Å². The average Bonchev–Trinajstić information content (AvgIpc) is 2.55. The third-order valence-corrected chi connectivity index (χ3v) is 3.85. The smallest absolute Gasteiger partial charge is 0.222 e. The Labute approximate surface area is 135 Å². The van der Waals surface area contributed by atoms with Crippen molar-refractivity contribution in [1.29, 1.82) is 0 Å². The number of aromatic nitrogens is 3. The van der Waals surface area contributed by atoms with Crippen molar-refractivity contribution in [2.45, 2.75) is 25.9 Å². The van der Waals surface area contributed by atoms with Crippen LogP contribution in [-0.4, -0.2) is 39.3 Å². The van der Waals surface area contributed by atoms with E-state index in [-0.39, 0.29) is 12.1 Å². The largest absolute Gasteiger partial charge is 0.393 e. The molecule has 23 heavy (non-hydrogen) atoms. The van der Waals surface area contributed by atoms with E-state index in [2.05, 4.69) is 31.7 Å². The van der Waals surface area contributed by atoms with Crippen molar-refractivity contribution < 1.29 is 5.11 Å². The first-order valence-corrected chi connectivity index (χ1v) is 7.62. The molecule has 2 aromatic heterocycles. The number of pyridine rings is 1. The summed E-state index contributed by atoms with van der Waals surface area (Å²) in [6, 6.07) is 3.76. The highest BCUT2D eigenvalue weighted by Gasteiger charge is 2.21. The van der Waals surface area contributed by atoms with Crippen LogP contribution in [0.2, 0.25) is 0 Å². The highest BCUT2D eigenvalue weighted by atomic mass is 16.3. The van der Waals surface area contributed by atoms with Gasteiger partial charge in [0.05, 0.1) is 17.4 Å². The molecule has 3 N–H and O–H groups in total. The molecule has 1 saturated heterocycles. The SMILES string of the molecule is Cc1nc(N)nc(N2CCC(O)CC2)c1C#Cc1cccnc1. The Morgan fingerprint density at radius 3 is 2.74 bits per heavy atom. The maximum atomic E-state index is 9.69. The first kappa shape index (κ1) is 15.3. The Hall–Kier alpha value is -2.65. The van der Waals surface area contributed by atoms with Crippen molar-refractivity contribution in [2.24, 2.45) is 0 Å². The molecular formula is C17H19N5O. The van der Waals surface area contributed by atoms with Gasteiger partial charge in [-0.05, 0) is 31.9 Å². The predicted octanol–water partition coefficient (Wildman–Crippen LogP) is 1.12. The minimum absolute atomic E-state index is 0.239. The van der Waals surface area contributed by atoms with E-state index < -0.39 is 0 Å². The van der Waals surface area contributed by atoms with Gasteiger partial charge in [-0.3, -0.25) is 4.98 Å². The molecule has 0 aromatic carbocycles. The first-order valence-electron chi connectivity index (χ1n) is 7.62. The van der Waals surface area contributed by atoms with Gasteiger partial charge in [-0.25, -0.2) is 4.98 Å². The number of nitrogens with two attached hydrogens (primary N) is 1. The number of nitrogen functional groups attached to an aromatic ring is 1. The molecule has 1 fully saturated rings. The predicted molar refractivity (Wildman–Crippen MR) is 88.9 cm³/mol. The second-order valence-electron chi connectivity index (χ2n) is 5.58. The molecular weight excluding hydrogens is 290 g/mol.